The minimum atomic E-state index is 0.911. The standard InChI is InChI=1S/C23H23N5S/c1-2-17-8-9-20-21(16-17)29-23(24-20)28-14-12-27(13-15-28)22-11-10-19(25-26-22)18-6-4-3-5-7-18/h3-11,16H,2,12-15H2,1H3. The molecule has 1 aliphatic heterocycles. The van der Waals surface area contributed by atoms with Gasteiger partial charge >= 0.3 is 0 Å². The lowest BCUT2D eigenvalue weighted by Crippen LogP contribution is -2.46. The number of fused-ring (bicyclic) bond motifs is 1. The summed E-state index contributed by atoms with van der Waals surface area (Å²) in [5.74, 6) is 0.946. The summed E-state index contributed by atoms with van der Waals surface area (Å²) in [7, 11) is 0. The maximum Gasteiger partial charge on any atom is 0.186 e. The molecule has 2 aromatic carbocycles. The molecule has 0 aliphatic carbocycles. The van der Waals surface area contributed by atoms with E-state index in [9.17, 15) is 0 Å². The van der Waals surface area contributed by atoms with E-state index in [1.165, 1.54) is 10.3 Å². The summed E-state index contributed by atoms with van der Waals surface area (Å²) in [4.78, 5) is 9.55. The van der Waals surface area contributed by atoms with Crippen LogP contribution in [0.4, 0.5) is 10.9 Å². The minimum absolute atomic E-state index is 0.911. The molecule has 1 aliphatic rings. The SMILES string of the molecule is CCc1ccc2nc(N3CCN(c4ccc(-c5ccccc5)nn4)CC3)sc2c1. The fourth-order valence-corrected chi connectivity index (χ4v) is 4.78. The topological polar surface area (TPSA) is 45.2 Å². The molecule has 5 nitrogen and oxygen atoms in total. The van der Waals surface area contributed by atoms with Crippen LogP contribution in [0.5, 0.6) is 0 Å². The van der Waals surface area contributed by atoms with E-state index in [4.69, 9.17) is 4.98 Å². The molecule has 4 aromatic rings. The van der Waals surface area contributed by atoms with Gasteiger partial charge in [-0.1, -0.05) is 54.7 Å². The second kappa shape index (κ2) is 7.79. The monoisotopic (exact) mass is 401 g/mol. The summed E-state index contributed by atoms with van der Waals surface area (Å²) in [6.45, 7) is 5.94. The Hall–Kier alpha value is -2.99. The van der Waals surface area contributed by atoms with Gasteiger partial charge in [0.1, 0.15) is 0 Å². The first-order valence-corrected chi connectivity index (χ1v) is 10.9. The molecule has 0 atom stereocenters. The van der Waals surface area contributed by atoms with Crippen LogP contribution in [0.1, 0.15) is 12.5 Å². The van der Waals surface area contributed by atoms with Gasteiger partial charge in [0, 0.05) is 31.7 Å². The van der Waals surface area contributed by atoms with Crippen LogP contribution in [-0.2, 0) is 6.42 Å². The summed E-state index contributed by atoms with van der Waals surface area (Å²) in [5.41, 5.74) is 4.48. The van der Waals surface area contributed by atoms with E-state index in [0.29, 0.717) is 0 Å². The number of benzene rings is 2. The first-order valence-electron chi connectivity index (χ1n) is 10.1. The van der Waals surface area contributed by atoms with Crippen molar-refractivity contribution in [2.45, 2.75) is 13.3 Å². The third-order valence-corrected chi connectivity index (χ3v) is 6.52. The van der Waals surface area contributed by atoms with E-state index in [1.54, 1.807) is 11.3 Å². The molecule has 3 heterocycles. The van der Waals surface area contributed by atoms with Crippen molar-refractivity contribution in [3.63, 3.8) is 0 Å². The zero-order valence-corrected chi connectivity index (χ0v) is 17.3. The quantitative estimate of drug-likeness (QED) is 0.498. The van der Waals surface area contributed by atoms with Gasteiger partial charge in [0.25, 0.3) is 0 Å². The van der Waals surface area contributed by atoms with Gasteiger partial charge in [0.05, 0.1) is 15.9 Å². The summed E-state index contributed by atoms with van der Waals surface area (Å²) in [6, 6.07) is 20.9. The second-order valence-electron chi connectivity index (χ2n) is 7.27. The highest BCUT2D eigenvalue weighted by Gasteiger charge is 2.21. The minimum Gasteiger partial charge on any atom is -0.352 e. The third kappa shape index (κ3) is 3.68. The van der Waals surface area contributed by atoms with Gasteiger partial charge < -0.3 is 9.80 Å². The number of hydrogen-bond acceptors (Lipinski definition) is 6. The maximum absolute atomic E-state index is 4.85. The summed E-state index contributed by atoms with van der Waals surface area (Å²) >= 11 is 1.80. The van der Waals surface area contributed by atoms with E-state index < -0.39 is 0 Å². The average molecular weight is 402 g/mol. The highest BCUT2D eigenvalue weighted by Crippen LogP contribution is 2.30. The highest BCUT2D eigenvalue weighted by molar-refractivity contribution is 7.22. The number of piperazine rings is 1. The van der Waals surface area contributed by atoms with E-state index in [1.807, 2.05) is 18.2 Å². The Bertz CT molecular complexity index is 1100. The van der Waals surface area contributed by atoms with Gasteiger partial charge in [-0.2, -0.15) is 0 Å². The summed E-state index contributed by atoms with van der Waals surface area (Å²) in [5, 5.41) is 10.0. The van der Waals surface area contributed by atoms with E-state index in [0.717, 1.165) is 60.3 Å². The van der Waals surface area contributed by atoms with Crippen LogP contribution in [0, 0.1) is 0 Å². The Labute approximate surface area is 174 Å². The van der Waals surface area contributed by atoms with Gasteiger partial charge in [-0.25, -0.2) is 4.98 Å². The van der Waals surface area contributed by atoms with Crippen molar-refractivity contribution in [2.24, 2.45) is 0 Å². The van der Waals surface area contributed by atoms with Crippen molar-refractivity contribution < 1.29 is 0 Å². The average Bonchev–Trinajstić information content (AvgIpc) is 3.23. The van der Waals surface area contributed by atoms with Crippen LogP contribution in [0.15, 0.2) is 60.7 Å². The van der Waals surface area contributed by atoms with Crippen LogP contribution in [-0.4, -0.2) is 41.4 Å². The maximum atomic E-state index is 4.85. The predicted octanol–water partition coefficient (Wildman–Crippen LogP) is 4.64. The number of thiazole rings is 1. The van der Waals surface area contributed by atoms with Gasteiger partial charge in [0.2, 0.25) is 0 Å². The largest absolute Gasteiger partial charge is 0.352 e. The molecular formula is C23H23N5S. The molecule has 5 rings (SSSR count). The van der Waals surface area contributed by atoms with Gasteiger partial charge in [0.15, 0.2) is 10.9 Å². The summed E-state index contributed by atoms with van der Waals surface area (Å²) in [6.07, 6.45) is 1.06. The number of nitrogens with zero attached hydrogens (tertiary/aromatic N) is 5. The molecule has 2 aromatic heterocycles. The molecule has 0 spiro atoms. The van der Waals surface area contributed by atoms with Gasteiger partial charge in [-0.3, -0.25) is 0 Å². The Morgan fingerprint density at radius 3 is 2.38 bits per heavy atom. The molecule has 1 saturated heterocycles. The molecule has 0 unspecified atom stereocenters. The third-order valence-electron chi connectivity index (χ3n) is 5.44. The summed E-state index contributed by atoms with van der Waals surface area (Å²) < 4.78 is 1.28. The predicted molar refractivity (Wildman–Crippen MR) is 121 cm³/mol. The molecule has 0 radical (unpaired) electrons. The number of aryl methyl sites for hydroxylation is 1. The van der Waals surface area contributed by atoms with Crippen LogP contribution in [0.25, 0.3) is 21.5 Å². The van der Waals surface area contributed by atoms with Crippen LogP contribution >= 0.6 is 11.3 Å². The lowest BCUT2D eigenvalue weighted by Gasteiger charge is -2.35. The molecule has 0 N–H and O–H groups in total. The Morgan fingerprint density at radius 2 is 1.66 bits per heavy atom. The molecule has 0 amide bonds. The highest BCUT2D eigenvalue weighted by atomic mass is 32.1. The van der Waals surface area contributed by atoms with E-state index >= 15 is 0 Å². The van der Waals surface area contributed by atoms with Crippen molar-refractivity contribution in [1.82, 2.24) is 15.2 Å². The molecule has 1 fully saturated rings. The molecule has 6 heteroatoms. The first-order chi connectivity index (χ1) is 14.3. The Kier molecular flexibility index (Phi) is 4.86. The van der Waals surface area contributed by atoms with Crippen LogP contribution < -0.4 is 9.80 Å². The van der Waals surface area contributed by atoms with Crippen molar-refractivity contribution >= 4 is 32.5 Å². The van der Waals surface area contributed by atoms with Crippen LogP contribution in [0.2, 0.25) is 0 Å². The lowest BCUT2D eigenvalue weighted by atomic mass is 10.1. The zero-order valence-electron chi connectivity index (χ0n) is 16.5. The zero-order chi connectivity index (χ0) is 19.6. The van der Waals surface area contributed by atoms with Crippen molar-refractivity contribution in [2.75, 3.05) is 36.0 Å². The second-order valence-corrected chi connectivity index (χ2v) is 8.28. The molecular weight excluding hydrogens is 378 g/mol. The first kappa shape index (κ1) is 18.1. The smallest absolute Gasteiger partial charge is 0.186 e. The van der Waals surface area contributed by atoms with E-state index in [2.05, 4.69) is 69.4 Å². The van der Waals surface area contributed by atoms with Gasteiger partial charge in [-0.05, 0) is 36.2 Å². The lowest BCUT2D eigenvalue weighted by molar-refractivity contribution is 0.643. The number of hydrogen-bond donors (Lipinski definition) is 0. The van der Waals surface area contributed by atoms with Crippen molar-refractivity contribution in [3.05, 3.63) is 66.2 Å². The number of anilines is 2. The van der Waals surface area contributed by atoms with Crippen molar-refractivity contribution in [3.8, 4) is 11.3 Å². The fourth-order valence-electron chi connectivity index (χ4n) is 3.70. The fraction of sp³-hybridized carbons (Fsp3) is 0.261. The molecule has 146 valence electrons. The number of rotatable bonds is 4. The van der Waals surface area contributed by atoms with Crippen LogP contribution in [0.3, 0.4) is 0 Å². The Morgan fingerprint density at radius 1 is 0.862 bits per heavy atom. The molecule has 0 bridgehead atoms. The molecule has 0 saturated carbocycles. The van der Waals surface area contributed by atoms with E-state index in [-0.39, 0.29) is 0 Å². The normalized spacial score (nSPS) is 14.5. The van der Waals surface area contributed by atoms with Crippen molar-refractivity contribution in [1.29, 1.82) is 0 Å². The molecule has 29 heavy (non-hydrogen) atoms. The number of aromatic nitrogens is 3. The Balaban J connectivity index is 1.27. The van der Waals surface area contributed by atoms with Gasteiger partial charge in [-0.15, -0.1) is 10.2 Å².